The predicted molar refractivity (Wildman–Crippen MR) is 155 cm³/mol. The molecule has 0 aliphatic carbocycles. The largest absolute Gasteiger partial charge is 0.507 e. The summed E-state index contributed by atoms with van der Waals surface area (Å²) in [6, 6.07) is 8.94. The summed E-state index contributed by atoms with van der Waals surface area (Å²) in [4.78, 5) is 5.15. The number of hydrogen-bond donors (Lipinski definition) is 1. The summed E-state index contributed by atoms with van der Waals surface area (Å²) < 4.78 is 0. The number of aliphatic imine (C=N–C) groups is 1. The van der Waals surface area contributed by atoms with Crippen LogP contribution in [0.2, 0.25) is 0 Å². The molecule has 0 atom stereocenters. The van der Waals surface area contributed by atoms with Gasteiger partial charge in [0.05, 0.1) is 5.69 Å². The van der Waals surface area contributed by atoms with Gasteiger partial charge in [-0.3, -0.25) is 4.99 Å². The summed E-state index contributed by atoms with van der Waals surface area (Å²) in [5, 5.41) is 11.3. The number of hydrogen-bond acceptors (Lipinski definition) is 2. The SMILES string of the molecule is CC(C)(C)c1cc(C=Nc2c(C(C)(C)C)cc(C(C)(C)C)cc2C(C)(C)C)c(O)c(C(C)(C)C)c1. The Morgan fingerprint density at radius 3 is 1.20 bits per heavy atom. The van der Waals surface area contributed by atoms with E-state index in [2.05, 4.69) is 128 Å². The Morgan fingerprint density at radius 1 is 0.514 bits per heavy atom. The van der Waals surface area contributed by atoms with E-state index in [0.717, 1.165) is 16.8 Å². The lowest BCUT2D eigenvalue weighted by Gasteiger charge is -2.32. The molecule has 2 aromatic carbocycles. The number of rotatable bonds is 2. The first kappa shape index (κ1) is 29.1. The van der Waals surface area contributed by atoms with E-state index in [1.165, 1.54) is 22.3 Å². The number of aromatic hydroxyl groups is 1. The van der Waals surface area contributed by atoms with Crippen LogP contribution in [0.15, 0.2) is 29.3 Å². The zero-order chi connectivity index (χ0) is 27.4. The molecule has 0 aliphatic heterocycles. The summed E-state index contributed by atoms with van der Waals surface area (Å²) in [5.41, 5.74) is 7.49. The van der Waals surface area contributed by atoms with Crippen LogP contribution in [-0.2, 0) is 27.1 Å². The van der Waals surface area contributed by atoms with Crippen LogP contribution in [0.4, 0.5) is 5.69 Å². The minimum atomic E-state index is -0.171. The van der Waals surface area contributed by atoms with E-state index < -0.39 is 0 Å². The highest BCUT2D eigenvalue weighted by atomic mass is 16.3. The molecule has 2 aromatic rings. The zero-order valence-corrected chi connectivity index (χ0v) is 25.3. The molecule has 0 saturated heterocycles. The van der Waals surface area contributed by atoms with Crippen LogP contribution in [-0.4, -0.2) is 11.3 Å². The van der Waals surface area contributed by atoms with E-state index in [1.54, 1.807) is 0 Å². The van der Waals surface area contributed by atoms with Gasteiger partial charge in [0.25, 0.3) is 0 Å². The van der Waals surface area contributed by atoms with Crippen molar-refractivity contribution in [2.75, 3.05) is 0 Å². The van der Waals surface area contributed by atoms with Gasteiger partial charge in [-0.15, -0.1) is 0 Å². The van der Waals surface area contributed by atoms with Gasteiger partial charge in [0.2, 0.25) is 0 Å². The lowest BCUT2D eigenvalue weighted by molar-refractivity contribution is 0.444. The van der Waals surface area contributed by atoms with Crippen LogP contribution in [0.25, 0.3) is 0 Å². The maximum Gasteiger partial charge on any atom is 0.128 e. The highest BCUT2D eigenvalue weighted by Gasteiger charge is 2.29. The van der Waals surface area contributed by atoms with Crippen LogP contribution in [0.3, 0.4) is 0 Å². The topological polar surface area (TPSA) is 32.6 Å². The van der Waals surface area contributed by atoms with E-state index in [9.17, 15) is 5.11 Å². The second kappa shape index (κ2) is 9.09. The molecule has 0 bridgehead atoms. The fourth-order valence-corrected chi connectivity index (χ4v) is 4.24. The van der Waals surface area contributed by atoms with Gasteiger partial charge in [-0.05, 0) is 55.4 Å². The molecule has 0 spiro atoms. The highest BCUT2D eigenvalue weighted by molar-refractivity contribution is 5.87. The van der Waals surface area contributed by atoms with Gasteiger partial charge in [-0.1, -0.05) is 122 Å². The smallest absolute Gasteiger partial charge is 0.128 e. The van der Waals surface area contributed by atoms with Crippen molar-refractivity contribution in [3.63, 3.8) is 0 Å². The van der Waals surface area contributed by atoms with E-state index in [1.807, 2.05) is 6.21 Å². The molecule has 0 heterocycles. The second-order valence-corrected chi connectivity index (χ2v) is 15.4. The first-order valence-electron chi connectivity index (χ1n) is 13.1. The molecule has 0 radical (unpaired) electrons. The lowest BCUT2D eigenvalue weighted by Crippen LogP contribution is -2.21. The summed E-state index contributed by atoms with van der Waals surface area (Å²) in [6.07, 6.45) is 1.89. The Bertz CT molecular complexity index is 1060. The Labute approximate surface area is 216 Å². The number of benzene rings is 2. The van der Waals surface area contributed by atoms with Gasteiger partial charge in [0.15, 0.2) is 0 Å². The van der Waals surface area contributed by atoms with E-state index >= 15 is 0 Å². The molecule has 0 unspecified atom stereocenters. The maximum absolute atomic E-state index is 11.3. The molecule has 2 nitrogen and oxygen atoms in total. The van der Waals surface area contributed by atoms with Crippen LogP contribution in [0, 0.1) is 0 Å². The summed E-state index contributed by atoms with van der Waals surface area (Å²) in [6.45, 7) is 33.5. The van der Waals surface area contributed by atoms with Gasteiger partial charge in [-0.2, -0.15) is 0 Å². The van der Waals surface area contributed by atoms with Crippen LogP contribution in [0.1, 0.15) is 137 Å². The average molecular weight is 478 g/mol. The fraction of sp³-hybridized carbons (Fsp3) is 0.606. The quantitative estimate of drug-likeness (QED) is 0.429. The average Bonchev–Trinajstić information content (AvgIpc) is 2.62. The van der Waals surface area contributed by atoms with Gasteiger partial charge < -0.3 is 5.11 Å². The summed E-state index contributed by atoms with van der Waals surface area (Å²) in [5.74, 6) is 0.329. The predicted octanol–water partition coefficient (Wildman–Crippen LogP) is 9.63. The molecule has 0 saturated carbocycles. The van der Waals surface area contributed by atoms with Crippen molar-refractivity contribution in [2.45, 2.75) is 131 Å². The van der Waals surface area contributed by atoms with Crippen molar-refractivity contribution in [1.29, 1.82) is 0 Å². The second-order valence-electron chi connectivity index (χ2n) is 15.4. The van der Waals surface area contributed by atoms with Gasteiger partial charge in [0.1, 0.15) is 5.75 Å². The molecule has 1 N–H and O–H groups in total. The molecular formula is C33H51NO. The molecule has 35 heavy (non-hydrogen) atoms. The molecule has 0 aromatic heterocycles. The Hall–Kier alpha value is -2.09. The third kappa shape index (κ3) is 6.78. The van der Waals surface area contributed by atoms with Gasteiger partial charge >= 0.3 is 0 Å². The molecule has 2 heteroatoms. The van der Waals surface area contributed by atoms with Crippen molar-refractivity contribution < 1.29 is 5.11 Å². The van der Waals surface area contributed by atoms with E-state index in [0.29, 0.717) is 5.75 Å². The van der Waals surface area contributed by atoms with Crippen molar-refractivity contribution in [1.82, 2.24) is 0 Å². The van der Waals surface area contributed by atoms with Crippen molar-refractivity contribution in [3.05, 3.63) is 57.6 Å². The number of nitrogens with zero attached hydrogens (tertiary/aromatic N) is 1. The maximum atomic E-state index is 11.3. The van der Waals surface area contributed by atoms with Crippen molar-refractivity contribution >= 4 is 11.9 Å². The summed E-state index contributed by atoms with van der Waals surface area (Å²) >= 11 is 0. The number of phenolic OH excluding ortho intramolecular Hbond substituents is 1. The minimum absolute atomic E-state index is 0.0300. The lowest BCUT2D eigenvalue weighted by atomic mass is 9.74. The van der Waals surface area contributed by atoms with Crippen molar-refractivity contribution in [3.8, 4) is 5.75 Å². The summed E-state index contributed by atoms with van der Waals surface area (Å²) in [7, 11) is 0. The van der Waals surface area contributed by atoms with E-state index in [-0.39, 0.29) is 27.1 Å². The van der Waals surface area contributed by atoms with Crippen LogP contribution in [0.5, 0.6) is 5.75 Å². The van der Waals surface area contributed by atoms with Crippen molar-refractivity contribution in [2.24, 2.45) is 4.99 Å². The molecule has 0 fully saturated rings. The number of phenols is 1. The highest BCUT2D eigenvalue weighted by Crippen LogP contribution is 2.43. The Balaban J connectivity index is 2.91. The molecule has 194 valence electrons. The van der Waals surface area contributed by atoms with Crippen LogP contribution < -0.4 is 0 Å². The normalized spacial score (nSPS) is 14.1. The van der Waals surface area contributed by atoms with Crippen LogP contribution >= 0.6 is 0 Å². The third-order valence-electron chi connectivity index (χ3n) is 6.74. The first-order chi connectivity index (χ1) is 15.4. The molecular weight excluding hydrogens is 426 g/mol. The monoisotopic (exact) mass is 477 g/mol. The molecule has 2 rings (SSSR count). The van der Waals surface area contributed by atoms with E-state index in [4.69, 9.17) is 4.99 Å². The Kier molecular flexibility index (Phi) is 7.57. The standard InChI is InChI=1S/C33H51NO/c1-29(2,3)22-16-21(28(35)26(19-22)33(13,14)15)20-34-27-24(31(7,8)9)17-23(30(4,5)6)18-25(27)32(10,11)12/h16-20,35H,1-15H3. The fourth-order valence-electron chi connectivity index (χ4n) is 4.24. The minimum Gasteiger partial charge on any atom is -0.507 e. The Morgan fingerprint density at radius 2 is 0.857 bits per heavy atom. The molecule has 0 amide bonds. The molecule has 0 aliphatic rings. The zero-order valence-electron chi connectivity index (χ0n) is 25.3. The third-order valence-corrected chi connectivity index (χ3v) is 6.74. The van der Waals surface area contributed by atoms with Gasteiger partial charge in [0, 0.05) is 17.3 Å². The first-order valence-corrected chi connectivity index (χ1v) is 13.1. The van der Waals surface area contributed by atoms with Gasteiger partial charge in [-0.25, -0.2) is 0 Å².